The van der Waals surface area contributed by atoms with Crippen LogP contribution in [-0.2, 0) is 32.6 Å². The highest BCUT2D eigenvalue weighted by Crippen LogP contribution is 2.42. The minimum absolute atomic E-state index is 0.00556. The number of hydrogen-bond donors (Lipinski definition) is 2. The maximum atomic E-state index is 12.8. The molecule has 2 saturated heterocycles. The third kappa shape index (κ3) is 7.72. The summed E-state index contributed by atoms with van der Waals surface area (Å²) in [6, 6.07) is 32.6. The second-order valence-corrected chi connectivity index (χ2v) is 13.9. The summed E-state index contributed by atoms with van der Waals surface area (Å²) < 4.78 is 41.7. The molecule has 236 valence electrons. The lowest BCUT2D eigenvalue weighted by Crippen LogP contribution is -2.45. The zero-order chi connectivity index (χ0) is 31.2. The Balaban J connectivity index is 1.23. The predicted molar refractivity (Wildman–Crippen MR) is 176 cm³/mol. The van der Waals surface area contributed by atoms with Gasteiger partial charge in [0, 0.05) is 24.6 Å². The van der Waals surface area contributed by atoms with Crippen LogP contribution in [-0.4, -0.2) is 44.2 Å². The zero-order valence-corrected chi connectivity index (χ0v) is 26.5. The van der Waals surface area contributed by atoms with Gasteiger partial charge in [0.2, 0.25) is 10.0 Å². The van der Waals surface area contributed by atoms with Gasteiger partial charge in [-0.05, 0) is 78.0 Å². The predicted octanol–water partition coefficient (Wildman–Crippen LogP) is 6.60. The molecule has 8 heteroatoms. The van der Waals surface area contributed by atoms with E-state index in [0.717, 1.165) is 53.0 Å². The smallest absolute Gasteiger partial charge is 0.240 e. The lowest BCUT2D eigenvalue weighted by atomic mass is 9.89. The molecule has 2 heterocycles. The van der Waals surface area contributed by atoms with Gasteiger partial charge in [0.1, 0.15) is 0 Å². The first-order chi connectivity index (χ1) is 21.9. The Morgan fingerprint density at radius 2 is 1.49 bits per heavy atom. The van der Waals surface area contributed by atoms with E-state index in [-0.39, 0.29) is 36.2 Å². The van der Waals surface area contributed by atoms with Crippen molar-refractivity contribution < 1.29 is 23.0 Å². The van der Waals surface area contributed by atoms with Gasteiger partial charge in [0.25, 0.3) is 0 Å². The van der Waals surface area contributed by atoms with Crippen LogP contribution in [0.2, 0.25) is 0 Å². The first-order valence-corrected chi connectivity index (χ1v) is 17.3. The number of benzene rings is 4. The van der Waals surface area contributed by atoms with E-state index >= 15 is 0 Å². The number of ether oxygens (including phenoxy) is 2. The van der Waals surface area contributed by atoms with E-state index in [1.807, 2.05) is 48.5 Å². The summed E-state index contributed by atoms with van der Waals surface area (Å²) in [6.45, 7) is 5.48. The lowest BCUT2D eigenvalue weighted by molar-refractivity contribution is -0.276. The molecule has 4 aromatic rings. The first kappa shape index (κ1) is 31.6. The highest BCUT2D eigenvalue weighted by molar-refractivity contribution is 7.89. The van der Waals surface area contributed by atoms with Crippen LogP contribution in [0, 0.1) is 5.92 Å². The largest absolute Gasteiger partial charge is 0.392 e. The van der Waals surface area contributed by atoms with Crippen molar-refractivity contribution in [3.05, 3.63) is 125 Å². The molecule has 4 unspecified atom stereocenters. The molecule has 0 radical (unpaired) electrons. The van der Waals surface area contributed by atoms with Crippen molar-refractivity contribution in [2.75, 3.05) is 19.6 Å². The number of piperidine rings is 1. The summed E-state index contributed by atoms with van der Waals surface area (Å²) in [7, 11) is -3.61. The van der Waals surface area contributed by atoms with Crippen LogP contribution in [0.5, 0.6) is 0 Å². The molecule has 0 amide bonds. The molecule has 2 N–H and O–H groups in total. The quantitative estimate of drug-likeness (QED) is 0.206. The second-order valence-electron chi connectivity index (χ2n) is 12.1. The molecule has 0 saturated carbocycles. The average molecular weight is 627 g/mol. The normalized spacial score (nSPS) is 22.7. The van der Waals surface area contributed by atoms with Crippen LogP contribution < -0.4 is 4.72 Å². The number of nitrogens with zero attached hydrogens (tertiary/aromatic N) is 1. The number of hydrogen-bond acceptors (Lipinski definition) is 6. The standard InChI is InChI=1S/C37H42N2O5S/c1-27-35(25-39-20-6-3-7-21-39)43-37(44-36(27)30-18-16-28(26-40)17-19-30)33-13-9-12-32(23-33)31-11-8-10-29(22-31)24-38-45(41,42)34-14-4-2-5-15-34/h2,4-5,8-19,22-23,27,35-38,40H,3,6-7,20-21,24-26H2,1H3. The van der Waals surface area contributed by atoms with E-state index in [4.69, 9.17) is 9.47 Å². The number of sulfonamides is 1. The van der Waals surface area contributed by atoms with Crippen LogP contribution in [0.3, 0.4) is 0 Å². The molecule has 7 nitrogen and oxygen atoms in total. The van der Waals surface area contributed by atoms with Gasteiger partial charge in [0.05, 0.1) is 23.7 Å². The van der Waals surface area contributed by atoms with Gasteiger partial charge in [-0.2, -0.15) is 0 Å². The summed E-state index contributed by atoms with van der Waals surface area (Å²) in [6.07, 6.45) is 3.03. The van der Waals surface area contributed by atoms with Gasteiger partial charge in [-0.25, -0.2) is 13.1 Å². The molecule has 45 heavy (non-hydrogen) atoms. The van der Waals surface area contributed by atoms with Crippen molar-refractivity contribution >= 4 is 10.0 Å². The molecule has 2 aliphatic rings. The zero-order valence-electron chi connectivity index (χ0n) is 25.7. The monoisotopic (exact) mass is 626 g/mol. The van der Waals surface area contributed by atoms with Crippen LogP contribution in [0.25, 0.3) is 11.1 Å². The van der Waals surface area contributed by atoms with Crippen molar-refractivity contribution in [2.24, 2.45) is 5.92 Å². The number of rotatable bonds is 10. The summed E-state index contributed by atoms with van der Waals surface area (Å²) in [4.78, 5) is 2.77. The Hall–Kier alpha value is -3.37. The first-order valence-electron chi connectivity index (χ1n) is 15.9. The Labute approximate surface area is 266 Å². The van der Waals surface area contributed by atoms with Crippen molar-refractivity contribution in [2.45, 2.75) is 62.7 Å². The molecule has 0 bridgehead atoms. The SMILES string of the molecule is CC1C(CN2CCCCC2)OC(c2cccc(-c3cccc(CNS(=O)(=O)c4ccccc4)c3)c2)OC1c1ccc(CO)cc1. The maximum Gasteiger partial charge on any atom is 0.240 e. The molecule has 0 aliphatic carbocycles. The van der Waals surface area contributed by atoms with Crippen LogP contribution in [0.15, 0.2) is 108 Å². The van der Waals surface area contributed by atoms with Gasteiger partial charge >= 0.3 is 0 Å². The molecule has 0 aromatic heterocycles. The van der Waals surface area contributed by atoms with Crippen molar-refractivity contribution in [1.29, 1.82) is 0 Å². The minimum atomic E-state index is -3.61. The van der Waals surface area contributed by atoms with E-state index in [2.05, 4.69) is 40.8 Å². The van der Waals surface area contributed by atoms with Crippen LogP contribution >= 0.6 is 0 Å². The third-order valence-electron chi connectivity index (χ3n) is 8.95. The topological polar surface area (TPSA) is 88.1 Å². The van der Waals surface area contributed by atoms with E-state index < -0.39 is 16.3 Å². The molecule has 0 spiro atoms. The average Bonchev–Trinajstić information content (AvgIpc) is 3.09. The molecule has 2 fully saturated rings. The van der Waals surface area contributed by atoms with Crippen molar-refractivity contribution in [3.8, 4) is 11.1 Å². The van der Waals surface area contributed by atoms with Gasteiger partial charge in [0.15, 0.2) is 6.29 Å². The summed E-state index contributed by atoms with van der Waals surface area (Å²) >= 11 is 0. The van der Waals surface area contributed by atoms with Crippen molar-refractivity contribution in [3.63, 3.8) is 0 Å². The lowest BCUT2D eigenvalue weighted by Gasteiger charge is -2.43. The molecular formula is C37H42N2O5S. The summed E-state index contributed by atoms with van der Waals surface area (Å²) in [5, 5.41) is 9.57. The van der Waals surface area contributed by atoms with E-state index in [1.54, 1.807) is 30.3 Å². The van der Waals surface area contributed by atoms with Gasteiger partial charge in [-0.15, -0.1) is 0 Å². The van der Waals surface area contributed by atoms with Gasteiger partial charge < -0.3 is 19.5 Å². The van der Waals surface area contributed by atoms with Crippen LogP contribution in [0.1, 0.15) is 60.8 Å². The fourth-order valence-electron chi connectivity index (χ4n) is 6.31. The number of aliphatic hydroxyl groups excluding tert-OH is 1. The fraction of sp³-hybridized carbons (Fsp3) is 0.351. The number of likely N-dealkylation sites (tertiary alicyclic amines) is 1. The second kappa shape index (κ2) is 14.4. The molecule has 4 aromatic carbocycles. The maximum absolute atomic E-state index is 12.8. The van der Waals surface area contributed by atoms with Crippen molar-refractivity contribution in [1.82, 2.24) is 9.62 Å². The Morgan fingerprint density at radius 3 is 2.22 bits per heavy atom. The number of aliphatic hydroxyl groups is 1. The third-order valence-corrected chi connectivity index (χ3v) is 10.4. The number of nitrogens with one attached hydrogen (secondary N) is 1. The van der Waals surface area contributed by atoms with Crippen LogP contribution in [0.4, 0.5) is 0 Å². The summed E-state index contributed by atoms with van der Waals surface area (Å²) in [5.41, 5.74) is 5.75. The van der Waals surface area contributed by atoms with Gasteiger partial charge in [-0.3, -0.25) is 0 Å². The molecule has 6 rings (SSSR count). The summed E-state index contributed by atoms with van der Waals surface area (Å²) in [5.74, 6) is 0.141. The Morgan fingerprint density at radius 1 is 0.778 bits per heavy atom. The highest BCUT2D eigenvalue weighted by Gasteiger charge is 2.39. The molecular weight excluding hydrogens is 584 g/mol. The highest BCUT2D eigenvalue weighted by atomic mass is 32.2. The Bertz CT molecular complexity index is 1660. The van der Waals surface area contributed by atoms with E-state index in [1.165, 1.54) is 19.3 Å². The molecule has 2 aliphatic heterocycles. The fourth-order valence-corrected chi connectivity index (χ4v) is 7.35. The van der Waals surface area contributed by atoms with E-state index in [0.29, 0.717) is 0 Å². The van der Waals surface area contributed by atoms with Gasteiger partial charge in [-0.1, -0.05) is 92.2 Å². The van der Waals surface area contributed by atoms with E-state index in [9.17, 15) is 13.5 Å². The molecule has 4 atom stereocenters. The minimum Gasteiger partial charge on any atom is -0.392 e. The Kier molecular flexibility index (Phi) is 10.1.